The minimum Gasteiger partial charge on any atom is -0.370 e. The number of carbonyl (C=O) groups excluding carboxylic acids is 1. The van der Waals surface area contributed by atoms with E-state index in [9.17, 15) is 4.79 Å². The van der Waals surface area contributed by atoms with Gasteiger partial charge in [-0.1, -0.05) is 6.07 Å². The number of nitrogens with zero attached hydrogens (tertiary/aromatic N) is 3. The van der Waals surface area contributed by atoms with Gasteiger partial charge in [0.1, 0.15) is 0 Å². The summed E-state index contributed by atoms with van der Waals surface area (Å²) in [5, 5.41) is 11.1. The van der Waals surface area contributed by atoms with Gasteiger partial charge in [0.25, 0.3) is 5.91 Å². The maximum absolute atomic E-state index is 12.5. The lowest BCUT2D eigenvalue weighted by Gasteiger charge is -2.28. The van der Waals surface area contributed by atoms with Gasteiger partial charge < -0.3 is 10.2 Å². The number of fused-ring (bicyclic) bond motifs is 1. The van der Waals surface area contributed by atoms with Crippen LogP contribution in [-0.2, 0) is 0 Å². The summed E-state index contributed by atoms with van der Waals surface area (Å²) in [7, 11) is 0. The minimum absolute atomic E-state index is 0.0962. The summed E-state index contributed by atoms with van der Waals surface area (Å²) in [5.74, 6) is -0.0962. The van der Waals surface area contributed by atoms with E-state index in [2.05, 4.69) is 37.5 Å². The first-order valence-electron chi connectivity index (χ1n) is 9.77. The van der Waals surface area contributed by atoms with Crippen LogP contribution in [0, 0.1) is 0 Å². The zero-order valence-electron chi connectivity index (χ0n) is 15.2. The van der Waals surface area contributed by atoms with Gasteiger partial charge >= 0.3 is 0 Å². The van der Waals surface area contributed by atoms with E-state index in [1.54, 1.807) is 0 Å². The first kappa shape index (κ1) is 16.3. The minimum atomic E-state index is -0.0962. The summed E-state index contributed by atoms with van der Waals surface area (Å²) in [6.45, 7) is 2.19. The van der Waals surface area contributed by atoms with E-state index >= 15 is 0 Å². The molecule has 1 aliphatic carbocycles. The molecule has 2 fully saturated rings. The molecule has 1 saturated heterocycles. The van der Waals surface area contributed by atoms with E-state index in [1.807, 2.05) is 24.5 Å². The molecule has 0 bridgehead atoms. The highest BCUT2D eigenvalue weighted by Crippen LogP contribution is 2.29. The van der Waals surface area contributed by atoms with Crippen molar-refractivity contribution in [3.8, 4) is 11.1 Å². The van der Waals surface area contributed by atoms with E-state index in [4.69, 9.17) is 0 Å². The summed E-state index contributed by atoms with van der Waals surface area (Å²) < 4.78 is 0. The van der Waals surface area contributed by atoms with Crippen molar-refractivity contribution in [1.29, 1.82) is 0 Å². The topological polar surface area (TPSA) is 73.9 Å². The maximum atomic E-state index is 12.5. The van der Waals surface area contributed by atoms with Crippen molar-refractivity contribution in [3.05, 3.63) is 42.4 Å². The second-order valence-corrected chi connectivity index (χ2v) is 7.56. The zero-order valence-corrected chi connectivity index (χ0v) is 15.2. The number of carbonyl (C=O) groups is 1. The molecular weight excluding hydrogens is 338 g/mol. The number of benzene rings is 1. The normalized spacial score (nSPS) is 17.3. The zero-order chi connectivity index (χ0) is 18.2. The Morgan fingerprint density at radius 3 is 2.74 bits per heavy atom. The van der Waals surface area contributed by atoms with Gasteiger partial charge in [0.15, 0.2) is 5.69 Å². The standard InChI is InChI=1S/C21H23N5O/c27-21(23-16-5-6-16)20-18-11-14(4-7-19(18)24-25-20)15-10-17(13-22-12-15)26-8-2-1-3-9-26/h4,7,10-13,16H,1-3,5-6,8-9H2,(H,23,27)(H,24,25). The van der Waals surface area contributed by atoms with Gasteiger partial charge in [-0.25, -0.2) is 0 Å². The molecular formula is C21H23N5O. The van der Waals surface area contributed by atoms with Crippen LogP contribution in [0.4, 0.5) is 5.69 Å². The average Bonchev–Trinajstić information content (AvgIpc) is 3.43. The Bertz CT molecular complexity index is 985. The predicted molar refractivity (Wildman–Crippen MR) is 106 cm³/mol. The van der Waals surface area contributed by atoms with Crippen LogP contribution in [0.2, 0.25) is 0 Å². The molecule has 6 nitrogen and oxygen atoms in total. The fourth-order valence-electron chi connectivity index (χ4n) is 3.76. The van der Waals surface area contributed by atoms with Crippen molar-refractivity contribution in [2.75, 3.05) is 18.0 Å². The van der Waals surface area contributed by atoms with E-state index in [-0.39, 0.29) is 5.91 Å². The summed E-state index contributed by atoms with van der Waals surface area (Å²) in [6, 6.07) is 8.60. The summed E-state index contributed by atoms with van der Waals surface area (Å²) in [5.41, 5.74) is 4.63. The second-order valence-electron chi connectivity index (χ2n) is 7.56. The van der Waals surface area contributed by atoms with Crippen LogP contribution >= 0.6 is 0 Å². The van der Waals surface area contributed by atoms with Crippen molar-refractivity contribution < 1.29 is 4.79 Å². The molecule has 5 rings (SSSR count). The Morgan fingerprint density at radius 2 is 1.93 bits per heavy atom. The molecule has 2 aliphatic rings. The lowest BCUT2D eigenvalue weighted by molar-refractivity contribution is 0.0947. The summed E-state index contributed by atoms with van der Waals surface area (Å²) >= 11 is 0. The highest BCUT2D eigenvalue weighted by Gasteiger charge is 2.25. The molecule has 0 radical (unpaired) electrons. The molecule has 6 heteroatoms. The van der Waals surface area contributed by atoms with Crippen LogP contribution in [-0.4, -0.2) is 40.2 Å². The number of amides is 1. The summed E-state index contributed by atoms with van der Waals surface area (Å²) in [4.78, 5) is 19.3. The highest BCUT2D eigenvalue weighted by molar-refractivity contribution is 6.05. The van der Waals surface area contributed by atoms with Crippen molar-refractivity contribution >= 4 is 22.5 Å². The number of rotatable bonds is 4. The van der Waals surface area contributed by atoms with Gasteiger partial charge in [0.2, 0.25) is 0 Å². The summed E-state index contributed by atoms with van der Waals surface area (Å²) in [6.07, 6.45) is 9.75. The fraction of sp³-hybridized carbons (Fsp3) is 0.381. The first-order valence-corrected chi connectivity index (χ1v) is 9.77. The van der Waals surface area contributed by atoms with Crippen LogP contribution in [0.15, 0.2) is 36.7 Å². The van der Waals surface area contributed by atoms with Crippen molar-refractivity contribution in [2.45, 2.75) is 38.1 Å². The van der Waals surface area contributed by atoms with Crippen LogP contribution in [0.5, 0.6) is 0 Å². The molecule has 3 aromatic rings. The number of hydrogen-bond acceptors (Lipinski definition) is 4. The monoisotopic (exact) mass is 361 g/mol. The molecule has 138 valence electrons. The van der Waals surface area contributed by atoms with Crippen molar-refractivity contribution in [1.82, 2.24) is 20.5 Å². The number of pyridine rings is 1. The predicted octanol–water partition coefficient (Wildman–Crippen LogP) is 3.51. The number of anilines is 1. The Hall–Kier alpha value is -2.89. The molecule has 0 unspecified atom stereocenters. The van der Waals surface area contributed by atoms with Crippen molar-refractivity contribution in [2.24, 2.45) is 0 Å². The van der Waals surface area contributed by atoms with Gasteiger partial charge in [0.05, 0.1) is 17.4 Å². The number of aromatic nitrogens is 3. The number of hydrogen-bond donors (Lipinski definition) is 2. The molecule has 2 aromatic heterocycles. The number of piperidine rings is 1. The van der Waals surface area contributed by atoms with Gasteiger partial charge in [-0.2, -0.15) is 5.10 Å². The van der Waals surface area contributed by atoms with E-state index < -0.39 is 0 Å². The SMILES string of the molecule is O=C(NC1CC1)c1n[nH]c2ccc(-c3cncc(N4CCCCC4)c3)cc12. The smallest absolute Gasteiger partial charge is 0.272 e. The van der Waals surface area contributed by atoms with Gasteiger partial charge in [0, 0.05) is 36.3 Å². The number of nitrogens with one attached hydrogen (secondary N) is 2. The van der Waals surface area contributed by atoms with Gasteiger partial charge in [-0.3, -0.25) is 14.9 Å². The van der Waals surface area contributed by atoms with Crippen LogP contribution in [0.1, 0.15) is 42.6 Å². The molecule has 0 spiro atoms. The van der Waals surface area contributed by atoms with Crippen LogP contribution < -0.4 is 10.2 Å². The lowest BCUT2D eigenvalue weighted by Crippen LogP contribution is -2.29. The molecule has 1 aliphatic heterocycles. The Balaban J connectivity index is 1.48. The van der Waals surface area contributed by atoms with Gasteiger partial charge in [-0.05, 0) is 55.9 Å². The van der Waals surface area contributed by atoms with Crippen LogP contribution in [0.25, 0.3) is 22.0 Å². The fourth-order valence-corrected chi connectivity index (χ4v) is 3.76. The second kappa shape index (κ2) is 6.68. The van der Waals surface area contributed by atoms with E-state index in [0.717, 1.165) is 48.0 Å². The van der Waals surface area contributed by atoms with E-state index in [1.165, 1.54) is 24.9 Å². The quantitative estimate of drug-likeness (QED) is 0.746. The molecule has 3 heterocycles. The maximum Gasteiger partial charge on any atom is 0.272 e. The molecule has 1 amide bonds. The number of H-pyrrole nitrogens is 1. The van der Waals surface area contributed by atoms with Crippen LogP contribution in [0.3, 0.4) is 0 Å². The van der Waals surface area contributed by atoms with Crippen molar-refractivity contribution in [3.63, 3.8) is 0 Å². The molecule has 27 heavy (non-hydrogen) atoms. The Morgan fingerprint density at radius 1 is 1.07 bits per heavy atom. The number of aromatic amines is 1. The largest absolute Gasteiger partial charge is 0.370 e. The van der Waals surface area contributed by atoms with E-state index in [0.29, 0.717) is 11.7 Å². The highest BCUT2D eigenvalue weighted by atomic mass is 16.2. The first-order chi connectivity index (χ1) is 13.3. The molecule has 1 aromatic carbocycles. The molecule has 1 saturated carbocycles. The average molecular weight is 361 g/mol. The third-order valence-electron chi connectivity index (χ3n) is 5.47. The third-order valence-corrected chi connectivity index (χ3v) is 5.47. The Kier molecular flexibility index (Phi) is 4.03. The lowest BCUT2D eigenvalue weighted by atomic mass is 10.0. The van der Waals surface area contributed by atoms with Gasteiger partial charge in [-0.15, -0.1) is 0 Å². The molecule has 0 atom stereocenters. The third kappa shape index (κ3) is 3.27. The molecule has 2 N–H and O–H groups in total. The Labute approximate surface area is 158 Å².